The smallest absolute Gasteiger partial charge is 0.246 e. The van der Waals surface area contributed by atoms with Crippen molar-refractivity contribution < 1.29 is 4.79 Å². The molecule has 0 saturated heterocycles. The van der Waals surface area contributed by atoms with Gasteiger partial charge in [-0.1, -0.05) is 22.9 Å². The van der Waals surface area contributed by atoms with Crippen LogP contribution >= 0.6 is 15.9 Å². The third-order valence-electron chi connectivity index (χ3n) is 2.73. The first kappa shape index (κ1) is 11.5. The van der Waals surface area contributed by atoms with E-state index >= 15 is 0 Å². The van der Waals surface area contributed by atoms with E-state index in [-0.39, 0.29) is 5.91 Å². The summed E-state index contributed by atoms with van der Waals surface area (Å²) in [4.78, 5) is 13.7. The SMILES string of the molecule is CCCN1C(=O)CNc2c(C)cc(Br)cc21. The second kappa shape index (κ2) is 4.45. The van der Waals surface area contributed by atoms with Crippen LogP contribution in [0.2, 0.25) is 0 Å². The predicted octanol–water partition coefficient (Wildman–Crippen LogP) is 2.93. The van der Waals surface area contributed by atoms with Crippen LogP contribution in [0.5, 0.6) is 0 Å². The van der Waals surface area contributed by atoms with Crippen molar-refractivity contribution in [2.45, 2.75) is 20.3 Å². The Morgan fingerprint density at radius 3 is 2.94 bits per heavy atom. The minimum absolute atomic E-state index is 0.145. The highest BCUT2D eigenvalue weighted by atomic mass is 79.9. The highest BCUT2D eigenvalue weighted by Gasteiger charge is 2.24. The van der Waals surface area contributed by atoms with Gasteiger partial charge in [0.25, 0.3) is 0 Å². The number of amides is 1. The standard InChI is InChI=1S/C12H15BrN2O/c1-3-4-15-10-6-9(13)5-8(2)12(10)14-7-11(15)16/h5-6,14H,3-4,7H2,1-2H3. The largest absolute Gasteiger partial charge is 0.374 e. The molecular formula is C12H15BrN2O. The number of carbonyl (C=O) groups excluding carboxylic acids is 1. The molecule has 2 rings (SSSR count). The Hall–Kier alpha value is -1.03. The zero-order chi connectivity index (χ0) is 11.7. The third-order valence-corrected chi connectivity index (χ3v) is 3.19. The Morgan fingerprint density at radius 1 is 1.50 bits per heavy atom. The molecule has 16 heavy (non-hydrogen) atoms. The average Bonchev–Trinajstić information content (AvgIpc) is 2.22. The molecule has 0 fully saturated rings. The molecular weight excluding hydrogens is 268 g/mol. The molecule has 0 atom stereocenters. The van der Waals surface area contributed by atoms with Crippen LogP contribution in [-0.2, 0) is 4.79 Å². The molecule has 1 heterocycles. The fraction of sp³-hybridized carbons (Fsp3) is 0.417. The zero-order valence-corrected chi connectivity index (χ0v) is 11.1. The molecule has 1 aliphatic rings. The molecule has 3 nitrogen and oxygen atoms in total. The predicted molar refractivity (Wildman–Crippen MR) is 70.0 cm³/mol. The van der Waals surface area contributed by atoms with Crippen molar-refractivity contribution in [2.75, 3.05) is 23.3 Å². The Kier molecular flexibility index (Phi) is 3.19. The molecule has 0 aromatic heterocycles. The summed E-state index contributed by atoms with van der Waals surface area (Å²) in [6.45, 7) is 5.31. The number of fused-ring (bicyclic) bond motifs is 1. The van der Waals surface area contributed by atoms with Gasteiger partial charge >= 0.3 is 0 Å². The van der Waals surface area contributed by atoms with Gasteiger partial charge in [-0.25, -0.2) is 0 Å². The molecule has 0 unspecified atom stereocenters. The summed E-state index contributed by atoms with van der Waals surface area (Å²) in [5, 5.41) is 3.18. The van der Waals surface area contributed by atoms with Gasteiger partial charge in [0.2, 0.25) is 5.91 Å². The van der Waals surface area contributed by atoms with Gasteiger partial charge in [0.15, 0.2) is 0 Å². The maximum Gasteiger partial charge on any atom is 0.246 e. The van der Waals surface area contributed by atoms with E-state index in [2.05, 4.69) is 41.2 Å². The van der Waals surface area contributed by atoms with Gasteiger partial charge in [-0.15, -0.1) is 0 Å². The first-order valence-electron chi connectivity index (χ1n) is 5.48. The first-order chi connectivity index (χ1) is 7.63. The number of hydrogen-bond acceptors (Lipinski definition) is 2. The Bertz CT molecular complexity index is 431. The summed E-state index contributed by atoms with van der Waals surface area (Å²) >= 11 is 3.47. The van der Waals surface area contributed by atoms with Gasteiger partial charge in [0.05, 0.1) is 17.9 Å². The molecule has 1 aromatic carbocycles. The number of carbonyl (C=O) groups is 1. The van der Waals surface area contributed by atoms with Crippen LogP contribution in [0.3, 0.4) is 0 Å². The minimum atomic E-state index is 0.145. The van der Waals surface area contributed by atoms with Crippen LogP contribution in [0.15, 0.2) is 16.6 Å². The molecule has 86 valence electrons. The number of anilines is 2. The van der Waals surface area contributed by atoms with Crippen molar-refractivity contribution in [2.24, 2.45) is 0 Å². The van der Waals surface area contributed by atoms with E-state index in [0.717, 1.165) is 34.4 Å². The Morgan fingerprint density at radius 2 is 2.25 bits per heavy atom. The van der Waals surface area contributed by atoms with Crippen molar-refractivity contribution in [3.63, 3.8) is 0 Å². The number of aryl methyl sites for hydroxylation is 1. The summed E-state index contributed by atoms with van der Waals surface area (Å²) in [7, 11) is 0. The first-order valence-corrected chi connectivity index (χ1v) is 6.27. The van der Waals surface area contributed by atoms with Crippen LogP contribution in [0.4, 0.5) is 11.4 Å². The lowest BCUT2D eigenvalue weighted by Crippen LogP contribution is -2.40. The quantitative estimate of drug-likeness (QED) is 0.905. The lowest BCUT2D eigenvalue weighted by molar-refractivity contribution is -0.117. The van der Waals surface area contributed by atoms with Crippen LogP contribution < -0.4 is 10.2 Å². The van der Waals surface area contributed by atoms with Gasteiger partial charge in [-0.2, -0.15) is 0 Å². The second-order valence-corrected chi connectivity index (χ2v) is 4.93. The number of halogens is 1. The van der Waals surface area contributed by atoms with Crippen LogP contribution in [0, 0.1) is 6.92 Å². The Balaban J connectivity index is 2.49. The van der Waals surface area contributed by atoms with E-state index in [1.807, 2.05) is 11.0 Å². The van der Waals surface area contributed by atoms with Crippen LogP contribution in [-0.4, -0.2) is 19.0 Å². The van der Waals surface area contributed by atoms with Gasteiger partial charge in [0.1, 0.15) is 0 Å². The fourth-order valence-corrected chi connectivity index (χ4v) is 2.59. The van der Waals surface area contributed by atoms with E-state index in [1.165, 1.54) is 0 Å². The van der Waals surface area contributed by atoms with Crippen LogP contribution in [0.25, 0.3) is 0 Å². The van der Waals surface area contributed by atoms with Crippen molar-refractivity contribution in [3.05, 3.63) is 22.2 Å². The van der Waals surface area contributed by atoms with Gasteiger partial charge in [0, 0.05) is 11.0 Å². The number of hydrogen-bond donors (Lipinski definition) is 1. The van der Waals surface area contributed by atoms with Crippen molar-refractivity contribution in [1.29, 1.82) is 0 Å². The molecule has 0 aliphatic carbocycles. The minimum Gasteiger partial charge on any atom is -0.374 e. The van der Waals surface area contributed by atoms with Crippen molar-refractivity contribution >= 4 is 33.2 Å². The monoisotopic (exact) mass is 282 g/mol. The lowest BCUT2D eigenvalue weighted by atomic mass is 10.1. The molecule has 1 N–H and O–H groups in total. The van der Waals surface area contributed by atoms with Crippen molar-refractivity contribution in [1.82, 2.24) is 0 Å². The number of rotatable bonds is 2. The van der Waals surface area contributed by atoms with Gasteiger partial charge in [-0.05, 0) is 31.0 Å². The molecule has 1 aliphatic heterocycles. The van der Waals surface area contributed by atoms with E-state index in [1.54, 1.807) is 0 Å². The van der Waals surface area contributed by atoms with Gasteiger partial charge < -0.3 is 10.2 Å². The maximum atomic E-state index is 11.8. The van der Waals surface area contributed by atoms with E-state index in [9.17, 15) is 4.79 Å². The number of nitrogens with one attached hydrogen (secondary N) is 1. The fourth-order valence-electron chi connectivity index (χ4n) is 2.03. The lowest BCUT2D eigenvalue weighted by Gasteiger charge is -2.31. The molecule has 0 saturated carbocycles. The normalized spacial score (nSPS) is 14.7. The second-order valence-electron chi connectivity index (χ2n) is 4.02. The summed E-state index contributed by atoms with van der Waals surface area (Å²) in [5.41, 5.74) is 3.24. The third kappa shape index (κ3) is 1.94. The van der Waals surface area contributed by atoms with Crippen molar-refractivity contribution in [3.8, 4) is 0 Å². The van der Waals surface area contributed by atoms with E-state index < -0.39 is 0 Å². The maximum absolute atomic E-state index is 11.8. The van der Waals surface area contributed by atoms with E-state index in [4.69, 9.17) is 0 Å². The summed E-state index contributed by atoms with van der Waals surface area (Å²) in [6, 6.07) is 4.06. The zero-order valence-electron chi connectivity index (χ0n) is 9.51. The van der Waals surface area contributed by atoms with E-state index in [0.29, 0.717) is 6.54 Å². The molecule has 0 bridgehead atoms. The molecule has 0 spiro atoms. The summed E-state index contributed by atoms with van der Waals surface area (Å²) < 4.78 is 1.02. The highest BCUT2D eigenvalue weighted by molar-refractivity contribution is 9.10. The summed E-state index contributed by atoms with van der Waals surface area (Å²) in [5.74, 6) is 0.145. The summed E-state index contributed by atoms with van der Waals surface area (Å²) in [6.07, 6.45) is 0.969. The molecule has 1 amide bonds. The molecule has 1 aromatic rings. The number of benzene rings is 1. The van der Waals surface area contributed by atoms with Gasteiger partial charge in [-0.3, -0.25) is 4.79 Å². The topological polar surface area (TPSA) is 32.3 Å². The number of nitrogens with zero attached hydrogens (tertiary/aromatic N) is 1. The average molecular weight is 283 g/mol. The Labute approximate surface area is 104 Å². The highest BCUT2D eigenvalue weighted by Crippen LogP contribution is 2.35. The van der Waals surface area contributed by atoms with Crippen LogP contribution in [0.1, 0.15) is 18.9 Å². The molecule has 0 radical (unpaired) electrons. The molecule has 4 heteroatoms.